The Balaban J connectivity index is 1.31. The van der Waals surface area contributed by atoms with E-state index in [-0.39, 0.29) is 24.0 Å². The summed E-state index contributed by atoms with van der Waals surface area (Å²) in [6.45, 7) is 0.854. The lowest BCUT2D eigenvalue weighted by Gasteiger charge is -2.21. The van der Waals surface area contributed by atoms with Gasteiger partial charge in [0.15, 0.2) is 18.1 Å². The maximum absolute atomic E-state index is 12.5. The summed E-state index contributed by atoms with van der Waals surface area (Å²) in [4.78, 5) is 24.8. The second kappa shape index (κ2) is 11.2. The first-order chi connectivity index (χ1) is 16.7. The molecule has 3 aromatic carbocycles. The summed E-state index contributed by atoms with van der Waals surface area (Å²) < 4.78 is 21.6. The molecular weight excluding hydrogens is 434 g/mol. The van der Waals surface area contributed by atoms with Crippen LogP contribution in [-0.4, -0.2) is 45.4 Å². The Morgan fingerprint density at radius 3 is 2.24 bits per heavy atom. The number of rotatable bonds is 9. The first-order valence-corrected chi connectivity index (χ1v) is 11.2. The van der Waals surface area contributed by atoms with Gasteiger partial charge in [-0.2, -0.15) is 0 Å². The summed E-state index contributed by atoms with van der Waals surface area (Å²) >= 11 is 0. The Kier molecular flexibility index (Phi) is 7.65. The molecular formula is C27H27NO6. The first-order valence-electron chi connectivity index (χ1n) is 11.2. The predicted octanol–water partition coefficient (Wildman–Crippen LogP) is 3.96. The minimum absolute atomic E-state index is 0.149. The zero-order valence-corrected chi connectivity index (χ0v) is 19.0. The second-order valence-electron chi connectivity index (χ2n) is 7.79. The lowest BCUT2D eigenvalue weighted by Crippen LogP contribution is -2.30. The maximum atomic E-state index is 12.5. The summed E-state index contributed by atoms with van der Waals surface area (Å²) in [5.41, 5.74) is 2.59. The van der Waals surface area contributed by atoms with E-state index >= 15 is 0 Å². The van der Waals surface area contributed by atoms with Crippen molar-refractivity contribution < 1.29 is 28.5 Å². The fourth-order valence-electron chi connectivity index (χ4n) is 3.91. The smallest absolute Gasteiger partial charge is 0.338 e. The number of carbonyl (C=O) groups excluding carboxylic acids is 2. The number of hydrogen-bond acceptors (Lipinski definition) is 6. The monoisotopic (exact) mass is 461 g/mol. The molecule has 176 valence electrons. The standard InChI is InChI=1S/C27H27NO6/c1-31-23-16-21(17-24-26(23)33-15-14-32-24)27(30)34-18-25(29)28-13-12-22(19-8-4-2-5-9-19)20-10-6-3-7-11-20/h2-11,16-17,22H,12-15,18H2,1H3,(H,28,29). The Bertz CT molecular complexity index is 1060. The summed E-state index contributed by atoms with van der Waals surface area (Å²) in [5, 5.41) is 2.85. The summed E-state index contributed by atoms with van der Waals surface area (Å²) in [6.07, 6.45) is 0.715. The van der Waals surface area contributed by atoms with Crippen LogP contribution in [0.3, 0.4) is 0 Å². The summed E-state index contributed by atoms with van der Waals surface area (Å²) in [7, 11) is 1.48. The van der Waals surface area contributed by atoms with Crippen LogP contribution in [0.15, 0.2) is 72.8 Å². The summed E-state index contributed by atoms with van der Waals surface area (Å²) in [6, 6.07) is 23.4. The van der Waals surface area contributed by atoms with Gasteiger partial charge in [0.1, 0.15) is 13.2 Å². The number of amides is 1. The third-order valence-electron chi connectivity index (χ3n) is 5.56. The van der Waals surface area contributed by atoms with Crippen molar-refractivity contribution in [2.45, 2.75) is 12.3 Å². The zero-order chi connectivity index (χ0) is 23.8. The molecule has 0 radical (unpaired) electrons. The molecule has 7 nitrogen and oxygen atoms in total. The lowest BCUT2D eigenvalue weighted by atomic mass is 9.88. The molecule has 0 fully saturated rings. The van der Waals surface area contributed by atoms with Crippen molar-refractivity contribution in [1.82, 2.24) is 5.32 Å². The predicted molar refractivity (Wildman–Crippen MR) is 127 cm³/mol. The molecule has 1 amide bonds. The van der Waals surface area contributed by atoms with Gasteiger partial charge in [-0.05, 0) is 29.7 Å². The molecule has 1 aliphatic rings. The topological polar surface area (TPSA) is 83.1 Å². The molecule has 1 heterocycles. The minimum Gasteiger partial charge on any atom is -0.493 e. The molecule has 0 saturated carbocycles. The number of carbonyl (C=O) groups is 2. The minimum atomic E-state index is -0.642. The van der Waals surface area contributed by atoms with Gasteiger partial charge in [-0.15, -0.1) is 0 Å². The Morgan fingerprint density at radius 2 is 1.59 bits per heavy atom. The van der Waals surface area contributed by atoms with E-state index < -0.39 is 5.97 Å². The molecule has 0 aliphatic carbocycles. The van der Waals surface area contributed by atoms with Crippen molar-refractivity contribution in [3.8, 4) is 17.2 Å². The third kappa shape index (κ3) is 5.67. The van der Waals surface area contributed by atoms with Crippen LogP contribution in [0, 0.1) is 0 Å². The highest BCUT2D eigenvalue weighted by Gasteiger charge is 2.22. The van der Waals surface area contributed by atoms with Crippen LogP contribution in [0.25, 0.3) is 0 Å². The molecule has 3 aromatic rings. The molecule has 4 rings (SSSR count). The average molecular weight is 462 g/mol. The molecule has 0 bridgehead atoms. The van der Waals surface area contributed by atoms with Crippen LogP contribution in [0.4, 0.5) is 0 Å². The van der Waals surface area contributed by atoms with Gasteiger partial charge in [-0.25, -0.2) is 4.79 Å². The zero-order valence-electron chi connectivity index (χ0n) is 19.0. The quantitative estimate of drug-likeness (QED) is 0.486. The highest BCUT2D eigenvalue weighted by atomic mass is 16.6. The molecule has 0 unspecified atom stereocenters. The van der Waals surface area contributed by atoms with Gasteiger partial charge in [0.25, 0.3) is 5.91 Å². The van der Waals surface area contributed by atoms with E-state index in [0.717, 1.165) is 0 Å². The van der Waals surface area contributed by atoms with Crippen LogP contribution < -0.4 is 19.5 Å². The van der Waals surface area contributed by atoms with Gasteiger partial charge in [0.05, 0.1) is 12.7 Å². The Hall–Kier alpha value is -4.00. The van der Waals surface area contributed by atoms with E-state index in [0.29, 0.717) is 43.4 Å². The first kappa shape index (κ1) is 23.2. The molecule has 34 heavy (non-hydrogen) atoms. The molecule has 7 heteroatoms. The highest BCUT2D eigenvalue weighted by Crippen LogP contribution is 2.40. The van der Waals surface area contributed by atoms with E-state index in [2.05, 4.69) is 29.6 Å². The number of nitrogens with one attached hydrogen (secondary N) is 1. The normalized spacial score (nSPS) is 12.2. The Morgan fingerprint density at radius 1 is 0.941 bits per heavy atom. The van der Waals surface area contributed by atoms with Crippen molar-refractivity contribution in [1.29, 1.82) is 0 Å². The van der Waals surface area contributed by atoms with Crippen LogP contribution in [-0.2, 0) is 9.53 Å². The lowest BCUT2D eigenvalue weighted by molar-refractivity contribution is -0.124. The van der Waals surface area contributed by atoms with Gasteiger partial charge >= 0.3 is 5.97 Å². The van der Waals surface area contributed by atoms with Gasteiger partial charge in [0, 0.05) is 12.5 Å². The third-order valence-corrected chi connectivity index (χ3v) is 5.56. The molecule has 0 spiro atoms. The number of ether oxygens (including phenoxy) is 4. The fourth-order valence-corrected chi connectivity index (χ4v) is 3.91. The van der Waals surface area contributed by atoms with Gasteiger partial charge in [-0.1, -0.05) is 60.7 Å². The van der Waals surface area contributed by atoms with Crippen molar-refractivity contribution in [2.75, 3.05) is 33.5 Å². The fraction of sp³-hybridized carbons (Fsp3) is 0.259. The largest absolute Gasteiger partial charge is 0.493 e. The van der Waals surface area contributed by atoms with Crippen molar-refractivity contribution in [3.05, 3.63) is 89.5 Å². The van der Waals surface area contributed by atoms with E-state index in [1.807, 2.05) is 36.4 Å². The molecule has 0 aromatic heterocycles. The number of esters is 1. The van der Waals surface area contributed by atoms with E-state index in [1.165, 1.54) is 30.4 Å². The van der Waals surface area contributed by atoms with E-state index in [9.17, 15) is 9.59 Å². The SMILES string of the molecule is COc1cc(C(=O)OCC(=O)NCCC(c2ccccc2)c2ccccc2)cc2c1OCCO2. The van der Waals surface area contributed by atoms with Crippen molar-refractivity contribution >= 4 is 11.9 Å². The molecule has 1 N–H and O–H groups in total. The number of methoxy groups -OCH3 is 1. The number of benzene rings is 3. The van der Waals surface area contributed by atoms with Crippen LogP contribution in [0.1, 0.15) is 33.8 Å². The van der Waals surface area contributed by atoms with Gasteiger partial charge < -0.3 is 24.3 Å². The van der Waals surface area contributed by atoms with Gasteiger partial charge in [-0.3, -0.25) is 4.79 Å². The summed E-state index contributed by atoms with van der Waals surface area (Å²) in [5.74, 6) is 0.385. The van der Waals surface area contributed by atoms with Crippen molar-refractivity contribution in [2.24, 2.45) is 0 Å². The van der Waals surface area contributed by atoms with Crippen molar-refractivity contribution in [3.63, 3.8) is 0 Å². The number of hydrogen-bond donors (Lipinski definition) is 1. The molecule has 0 atom stereocenters. The van der Waals surface area contributed by atoms with Gasteiger partial charge in [0.2, 0.25) is 5.75 Å². The maximum Gasteiger partial charge on any atom is 0.338 e. The number of fused-ring (bicyclic) bond motifs is 1. The van der Waals surface area contributed by atoms with E-state index in [1.54, 1.807) is 0 Å². The average Bonchev–Trinajstić information content (AvgIpc) is 2.90. The Labute approximate surface area is 198 Å². The van der Waals surface area contributed by atoms with Crippen LogP contribution >= 0.6 is 0 Å². The second-order valence-corrected chi connectivity index (χ2v) is 7.79. The molecule has 0 saturated heterocycles. The van der Waals surface area contributed by atoms with Crippen LogP contribution in [0.2, 0.25) is 0 Å². The van der Waals surface area contributed by atoms with E-state index in [4.69, 9.17) is 18.9 Å². The highest BCUT2D eigenvalue weighted by molar-refractivity contribution is 5.92. The molecule has 1 aliphatic heterocycles. The van der Waals surface area contributed by atoms with Crippen LogP contribution in [0.5, 0.6) is 17.2 Å².